The number of carbonyl (C=O) groups is 1. The first kappa shape index (κ1) is 19.6. The van der Waals surface area contributed by atoms with E-state index in [1.54, 1.807) is 6.07 Å². The number of aromatic amines is 1. The number of aliphatic hydroxyl groups excluding tert-OH is 1. The van der Waals surface area contributed by atoms with Crippen LogP contribution in [0.25, 0.3) is 10.9 Å². The van der Waals surface area contributed by atoms with Crippen molar-refractivity contribution in [2.24, 2.45) is 0 Å². The second-order valence-electron chi connectivity index (χ2n) is 7.11. The van der Waals surface area contributed by atoms with Crippen molar-refractivity contribution in [2.45, 2.75) is 27.3 Å². The number of nitrogens with zero attached hydrogens (tertiary/aromatic N) is 1. The van der Waals surface area contributed by atoms with Crippen LogP contribution < -0.4 is 10.9 Å². The minimum absolute atomic E-state index is 0.108. The molecule has 3 aromatic rings. The maximum absolute atomic E-state index is 12.7. The van der Waals surface area contributed by atoms with E-state index in [9.17, 15) is 14.7 Å². The Labute approximate surface area is 163 Å². The van der Waals surface area contributed by atoms with Gasteiger partial charge in [0.25, 0.3) is 5.56 Å². The van der Waals surface area contributed by atoms with Gasteiger partial charge < -0.3 is 20.3 Å². The molecule has 146 valence electrons. The number of hydrogen-bond acceptors (Lipinski definition) is 3. The number of fused-ring (bicyclic) bond motifs is 1. The zero-order valence-electron chi connectivity index (χ0n) is 16.4. The number of nitrogens with one attached hydrogen (secondary N) is 2. The molecule has 0 aliphatic rings. The molecule has 2 aromatic carbocycles. The molecule has 0 aliphatic heterocycles. The van der Waals surface area contributed by atoms with Crippen molar-refractivity contribution in [1.82, 2.24) is 9.88 Å². The lowest BCUT2D eigenvalue weighted by Crippen LogP contribution is -2.38. The van der Waals surface area contributed by atoms with Crippen LogP contribution in [0.4, 0.5) is 10.5 Å². The van der Waals surface area contributed by atoms with E-state index in [0.717, 1.165) is 27.6 Å². The molecule has 28 heavy (non-hydrogen) atoms. The maximum Gasteiger partial charge on any atom is 0.322 e. The highest BCUT2D eigenvalue weighted by Gasteiger charge is 2.16. The summed E-state index contributed by atoms with van der Waals surface area (Å²) in [6.45, 7) is 5.95. The van der Waals surface area contributed by atoms with Gasteiger partial charge in [0.2, 0.25) is 0 Å². The topological polar surface area (TPSA) is 85.4 Å². The summed E-state index contributed by atoms with van der Waals surface area (Å²) in [7, 11) is 0. The van der Waals surface area contributed by atoms with Crippen molar-refractivity contribution in [2.75, 3.05) is 18.5 Å². The molecule has 6 nitrogen and oxygen atoms in total. The van der Waals surface area contributed by atoms with Gasteiger partial charge in [0.05, 0.1) is 18.7 Å². The molecule has 0 saturated heterocycles. The number of rotatable bonds is 5. The van der Waals surface area contributed by atoms with Gasteiger partial charge in [-0.3, -0.25) is 4.79 Å². The monoisotopic (exact) mass is 379 g/mol. The zero-order chi connectivity index (χ0) is 20.3. The van der Waals surface area contributed by atoms with Crippen LogP contribution in [-0.4, -0.2) is 34.2 Å². The minimum Gasteiger partial charge on any atom is -0.395 e. The number of aryl methyl sites for hydroxylation is 3. The van der Waals surface area contributed by atoms with E-state index < -0.39 is 0 Å². The summed E-state index contributed by atoms with van der Waals surface area (Å²) >= 11 is 0. The number of urea groups is 1. The number of anilines is 1. The Bertz CT molecular complexity index is 1070. The molecule has 3 N–H and O–H groups in total. The molecule has 2 amide bonds. The Morgan fingerprint density at radius 3 is 2.61 bits per heavy atom. The van der Waals surface area contributed by atoms with Crippen molar-refractivity contribution < 1.29 is 9.90 Å². The molecule has 0 unspecified atom stereocenters. The summed E-state index contributed by atoms with van der Waals surface area (Å²) in [6.07, 6.45) is 0. The summed E-state index contributed by atoms with van der Waals surface area (Å²) in [6, 6.07) is 13.0. The van der Waals surface area contributed by atoms with Gasteiger partial charge >= 0.3 is 6.03 Å². The first-order chi connectivity index (χ1) is 13.4. The van der Waals surface area contributed by atoms with Crippen molar-refractivity contribution in [3.8, 4) is 0 Å². The molecule has 0 aliphatic carbocycles. The Balaban J connectivity index is 1.88. The van der Waals surface area contributed by atoms with Gasteiger partial charge in [-0.2, -0.15) is 0 Å². The van der Waals surface area contributed by atoms with Crippen LogP contribution >= 0.6 is 0 Å². The summed E-state index contributed by atoms with van der Waals surface area (Å²) in [4.78, 5) is 29.6. The Morgan fingerprint density at radius 2 is 1.89 bits per heavy atom. The standard InChI is InChI=1S/C22H25N3O3/c1-14-5-4-6-19(11-14)23-22(28)25(7-8-26)13-18-12-17-10-15(2)9-16(3)20(17)24-21(18)27/h4-6,9-12,26H,7-8,13H2,1-3H3,(H,23,28)(H,24,27). The molecular formula is C22H25N3O3. The van der Waals surface area contributed by atoms with Crippen LogP contribution in [0.5, 0.6) is 0 Å². The smallest absolute Gasteiger partial charge is 0.322 e. The predicted molar refractivity (Wildman–Crippen MR) is 112 cm³/mol. The van der Waals surface area contributed by atoms with Crippen LogP contribution in [0, 0.1) is 20.8 Å². The largest absolute Gasteiger partial charge is 0.395 e. The molecular weight excluding hydrogens is 354 g/mol. The van der Waals surface area contributed by atoms with Gasteiger partial charge in [-0.25, -0.2) is 4.79 Å². The minimum atomic E-state index is -0.362. The Morgan fingerprint density at radius 1 is 1.11 bits per heavy atom. The number of pyridine rings is 1. The molecule has 0 spiro atoms. The molecule has 1 heterocycles. The Hall–Kier alpha value is -3.12. The van der Waals surface area contributed by atoms with Crippen molar-refractivity contribution in [3.05, 3.63) is 75.1 Å². The molecule has 1 aromatic heterocycles. The van der Waals surface area contributed by atoms with Crippen LogP contribution in [0.1, 0.15) is 22.3 Å². The third kappa shape index (κ3) is 4.40. The van der Waals surface area contributed by atoms with E-state index >= 15 is 0 Å². The highest BCUT2D eigenvalue weighted by atomic mass is 16.3. The number of H-pyrrole nitrogens is 1. The van der Waals surface area contributed by atoms with Gasteiger partial charge in [0.1, 0.15) is 0 Å². The van der Waals surface area contributed by atoms with Gasteiger partial charge in [0.15, 0.2) is 0 Å². The molecule has 3 rings (SSSR count). The van der Waals surface area contributed by atoms with E-state index in [-0.39, 0.29) is 31.3 Å². The average Bonchev–Trinajstić information content (AvgIpc) is 2.62. The molecule has 0 bridgehead atoms. The van der Waals surface area contributed by atoms with Crippen molar-refractivity contribution >= 4 is 22.6 Å². The number of carbonyl (C=O) groups excluding carboxylic acids is 1. The van der Waals surface area contributed by atoms with Gasteiger partial charge in [0, 0.05) is 17.8 Å². The number of amides is 2. The maximum atomic E-state index is 12.7. The molecule has 0 saturated carbocycles. The second-order valence-corrected chi connectivity index (χ2v) is 7.11. The summed E-state index contributed by atoms with van der Waals surface area (Å²) in [5.74, 6) is 0. The fraction of sp³-hybridized carbons (Fsp3) is 0.273. The summed E-state index contributed by atoms with van der Waals surface area (Å²) < 4.78 is 0. The van der Waals surface area contributed by atoms with Gasteiger partial charge in [-0.15, -0.1) is 0 Å². The van der Waals surface area contributed by atoms with Gasteiger partial charge in [-0.1, -0.05) is 23.8 Å². The number of hydrogen-bond donors (Lipinski definition) is 3. The highest BCUT2D eigenvalue weighted by molar-refractivity contribution is 5.89. The fourth-order valence-corrected chi connectivity index (χ4v) is 3.35. The van der Waals surface area contributed by atoms with E-state index in [0.29, 0.717) is 11.3 Å². The van der Waals surface area contributed by atoms with E-state index in [4.69, 9.17) is 0 Å². The van der Waals surface area contributed by atoms with Crippen LogP contribution in [0.3, 0.4) is 0 Å². The first-order valence-electron chi connectivity index (χ1n) is 9.24. The lowest BCUT2D eigenvalue weighted by molar-refractivity contribution is 0.185. The average molecular weight is 379 g/mol. The van der Waals surface area contributed by atoms with Crippen molar-refractivity contribution in [1.29, 1.82) is 0 Å². The third-order valence-electron chi connectivity index (χ3n) is 4.66. The van der Waals surface area contributed by atoms with Crippen LogP contribution in [0.15, 0.2) is 47.3 Å². The first-order valence-corrected chi connectivity index (χ1v) is 9.24. The van der Waals surface area contributed by atoms with Gasteiger partial charge in [-0.05, 0) is 61.5 Å². The SMILES string of the molecule is Cc1cccc(NC(=O)N(CCO)Cc2cc3cc(C)cc(C)c3[nH]c2=O)c1. The third-order valence-corrected chi connectivity index (χ3v) is 4.66. The molecule has 6 heteroatoms. The molecule has 0 fully saturated rings. The predicted octanol–water partition coefficient (Wildman–Crippen LogP) is 3.48. The quantitative estimate of drug-likeness (QED) is 0.634. The number of aromatic nitrogens is 1. The zero-order valence-corrected chi connectivity index (χ0v) is 16.4. The number of aliphatic hydroxyl groups is 1. The van der Waals surface area contributed by atoms with E-state index in [1.807, 2.05) is 57.2 Å². The summed E-state index contributed by atoms with van der Waals surface area (Å²) in [5.41, 5.74) is 4.86. The fourth-order valence-electron chi connectivity index (χ4n) is 3.35. The molecule has 0 atom stereocenters. The second kappa shape index (κ2) is 8.27. The summed E-state index contributed by atoms with van der Waals surface area (Å²) in [5, 5.41) is 13.1. The van der Waals surface area contributed by atoms with Crippen LogP contribution in [-0.2, 0) is 6.54 Å². The Kier molecular flexibility index (Phi) is 5.80. The normalized spacial score (nSPS) is 10.9. The molecule has 0 radical (unpaired) electrons. The van der Waals surface area contributed by atoms with E-state index in [1.165, 1.54) is 4.90 Å². The lowest BCUT2D eigenvalue weighted by Gasteiger charge is -2.22. The lowest BCUT2D eigenvalue weighted by atomic mass is 10.1. The van der Waals surface area contributed by atoms with Crippen LogP contribution in [0.2, 0.25) is 0 Å². The van der Waals surface area contributed by atoms with Crippen molar-refractivity contribution in [3.63, 3.8) is 0 Å². The highest BCUT2D eigenvalue weighted by Crippen LogP contribution is 2.19. The van der Waals surface area contributed by atoms with E-state index in [2.05, 4.69) is 10.3 Å². The number of benzene rings is 2.